The van der Waals surface area contributed by atoms with Gasteiger partial charge in [0.05, 0.1) is 16.4 Å². The molecule has 0 saturated carbocycles. The molecule has 1 aliphatic rings. The number of nitrogens with zero attached hydrogens (tertiary/aromatic N) is 2. The highest BCUT2D eigenvalue weighted by Crippen LogP contribution is 2.38. The average molecular weight is 338 g/mol. The molecule has 0 amide bonds. The van der Waals surface area contributed by atoms with E-state index < -0.39 is 39.8 Å². The molecule has 1 aromatic carbocycles. The predicted octanol–water partition coefficient (Wildman–Crippen LogP) is 1.38. The normalized spacial score (nSPS) is 18.2. The van der Waals surface area contributed by atoms with Crippen LogP contribution in [-0.4, -0.2) is 56.5 Å². The molecule has 1 aliphatic heterocycles. The predicted molar refractivity (Wildman–Crippen MR) is 82.2 cm³/mol. The van der Waals surface area contributed by atoms with Crippen LogP contribution in [0.4, 0.5) is 5.69 Å². The van der Waals surface area contributed by atoms with Crippen LogP contribution in [0.2, 0.25) is 0 Å². The molecule has 1 aromatic rings. The fraction of sp³-hybridized carbons (Fsp3) is 0.467. The summed E-state index contributed by atoms with van der Waals surface area (Å²) in [5, 5.41) is 39.0. The Morgan fingerprint density at radius 1 is 1.33 bits per heavy atom. The Morgan fingerprint density at radius 2 is 2.04 bits per heavy atom. The quantitative estimate of drug-likeness (QED) is 0.306. The number of carboxylic acid groups (broad SMARTS) is 1. The summed E-state index contributed by atoms with van der Waals surface area (Å²) in [6, 6.07) is 2.13. The number of nitro groups is 1. The molecule has 1 unspecified atom stereocenters. The second-order valence-electron chi connectivity index (χ2n) is 5.74. The van der Waals surface area contributed by atoms with Crippen LogP contribution in [0.15, 0.2) is 12.1 Å². The standard InChI is InChI=1S/C15H18N2O7/c18-11(5-7-16-6-1-2-9(8-16)15(21)22)10-3-4-12(19)14(20)13(10)17(23)24/h3-4,9,19-20H,1-2,5-8H2,(H,21,22). The number of aromatic hydroxyl groups is 2. The van der Waals surface area contributed by atoms with Crippen molar-refractivity contribution in [3.05, 3.63) is 27.8 Å². The van der Waals surface area contributed by atoms with Crippen molar-refractivity contribution >= 4 is 17.4 Å². The van der Waals surface area contributed by atoms with Crippen LogP contribution in [0.1, 0.15) is 29.6 Å². The molecule has 0 radical (unpaired) electrons. The lowest BCUT2D eigenvalue weighted by Crippen LogP contribution is -2.39. The van der Waals surface area contributed by atoms with E-state index in [9.17, 15) is 29.9 Å². The van der Waals surface area contributed by atoms with Gasteiger partial charge in [-0.3, -0.25) is 19.7 Å². The number of carbonyl (C=O) groups is 2. The number of carbonyl (C=O) groups excluding carboxylic acids is 1. The summed E-state index contributed by atoms with van der Waals surface area (Å²) in [5.41, 5.74) is -1.09. The van der Waals surface area contributed by atoms with Gasteiger partial charge < -0.3 is 20.2 Å². The second kappa shape index (κ2) is 7.26. The number of nitro benzene ring substituents is 1. The molecule has 9 heteroatoms. The maximum atomic E-state index is 12.3. The first kappa shape index (κ1) is 17.7. The smallest absolute Gasteiger partial charge is 0.325 e. The third-order valence-corrected chi connectivity index (χ3v) is 4.12. The molecule has 3 N–H and O–H groups in total. The van der Waals surface area contributed by atoms with Gasteiger partial charge in [0, 0.05) is 19.5 Å². The van der Waals surface area contributed by atoms with E-state index in [-0.39, 0.29) is 18.5 Å². The van der Waals surface area contributed by atoms with E-state index in [1.54, 1.807) is 0 Å². The largest absolute Gasteiger partial charge is 0.504 e. The molecule has 9 nitrogen and oxygen atoms in total. The van der Waals surface area contributed by atoms with Gasteiger partial charge in [0.1, 0.15) is 0 Å². The van der Waals surface area contributed by atoms with E-state index >= 15 is 0 Å². The number of Topliss-reactive ketones (excluding diaryl/α,β-unsaturated/α-hetero) is 1. The molecule has 0 aliphatic carbocycles. The fourth-order valence-electron chi connectivity index (χ4n) is 2.83. The third kappa shape index (κ3) is 3.80. The molecule has 24 heavy (non-hydrogen) atoms. The number of phenols is 2. The first-order chi connectivity index (χ1) is 11.3. The van der Waals surface area contributed by atoms with Gasteiger partial charge >= 0.3 is 11.7 Å². The number of rotatable bonds is 6. The summed E-state index contributed by atoms with van der Waals surface area (Å²) < 4.78 is 0. The lowest BCUT2D eigenvalue weighted by Gasteiger charge is -2.30. The van der Waals surface area contributed by atoms with Crippen molar-refractivity contribution in [3.63, 3.8) is 0 Å². The third-order valence-electron chi connectivity index (χ3n) is 4.12. The Hall–Kier alpha value is -2.68. The number of aliphatic carboxylic acids is 1. The number of phenolic OH excluding ortho intramolecular Hbond substituents is 2. The van der Waals surface area contributed by atoms with E-state index in [2.05, 4.69) is 0 Å². The number of hydrogen-bond acceptors (Lipinski definition) is 7. The van der Waals surface area contributed by atoms with Gasteiger partial charge in [0.15, 0.2) is 11.5 Å². The van der Waals surface area contributed by atoms with Gasteiger partial charge in [-0.05, 0) is 31.5 Å². The Kier molecular flexibility index (Phi) is 5.35. The van der Waals surface area contributed by atoms with Crippen molar-refractivity contribution in [2.75, 3.05) is 19.6 Å². The number of ketones is 1. The topological polar surface area (TPSA) is 141 Å². The SMILES string of the molecule is O=C(CCN1CCCC(C(=O)O)C1)c1ccc(O)c(O)c1[N+](=O)[O-]. The van der Waals surface area contributed by atoms with Crippen LogP contribution in [0, 0.1) is 16.0 Å². The molecule has 130 valence electrons. The zero-order valence-electron chi connectivity index (χ0n) is 12.8. The number of piperidine rings is 1. The molecule has 0 bridgehead atoms. The van der Waals surface area contributed by atoms with Crippen molar-refractivity contribution in [3.8, 4) is 11.5 Å². The summed E-state index contributed by atoms with van der Waals surface area (Å²) in [5.74, 6) is -3.49. The Morgan fingerprint density at radius 3 is 2.67 bits per heavy atom. The minimum Gasteiger partial charge on any atom is -0.504 e. The summed E-state index contributed by atoms with van der Waals surface area (Å²) in [7, 11) is 0. The number of likely N-dealkylation sites (tertiary alicyclic amines) is 1. The highest BCUT2D eigenvalue weighted by atomic mass is 16.6. The van der Waals surface area contributed by atoms with Crippen LogP contribution >= 0.6 is 0 Å². The lowest BCUT2D eigenvalue weighted by atomic mass is 9.97. The minimum atomic E-state index is -0.935. The molecule has 1 atom stereocenters. The van der Waals surface area contributed by atoms with Crippen LogP contribution in [-0.2, 0) is 4.79 Å². The highest BCUT2D eigenvalue weighted by Gasteiger charge is 2.29. The van der Waals surface area contributed by atoms with E-state index in [0.717, 1.165) is 12.1 Å². The highest BCUT2D eigenvalue weighted by molar-refractivity contribution is 6.01. The maximum Gasteiger partial charge on any atom is 0.325 e. The molecule has 0 spiro atoms. The summed E-state index contributed by atoms with van der Waals surface area (Å²) >= 11 is 0. The van der Waals surface area contributed by atoms with Crippen molar-refractivity contribution in [1.82, 2.24) is 4.90 Å². The fourth-order valence-corrected chi connectivity index (χ4v) is 2.83. The summed E-state index contributed by atoms with van der Waals surface area (Å²) in [4.78, 5) is 35.2. The van der Waals surface area contributed by atoms with Crippen LogP contribution in [0.5, 0.6) is 11.5 Å². The zero-order valence-corrected chi connectivity index (χ0v) is 12.8. The minimum absolute atomic E-state index is 0.0443. The molecule has 0 aromatic heterocycles. The van der Waals surface area contributed by atoms with Gasteiger partial charge in [0.25, 0.3) is 0 Å². The summed E-state index contributed by atoms with van der Waals surface area (Å²) in [6.45, 7) is 1.28. The molecule has 1 saturated heterocycles. The summed E-state index contributed by atoms with van der Waals surface area (Å²) in [6.07, 6.45) is 1.26. The lowest BCUT2D eigenvalue weighted by molar-refractivity contribution is -0.386. The van der Waals surface area contributed by atoms with Crippen LogP contribution in [0.25, 0.3) is 0 Å². The Balaban J connectivity index is 2.07. The second-order valence-corrected chi connectivity index (χ2v) is 5.74. The Labute approximate surface area is 137 Å². The zero-order chi connectivity index (χ0) is 17.9. The maximum absolute atomic E-state index is 12.3. The van der Waals surface area contributed by atoms with Gasteiger partial charge in [-0.15, -0.1) is 0 Å². The molecular weight excluding hydrogens is 320 g/mol. The van der Waals surface area contributed by atoms with Gasteiger partial charge in [-0.25, -0.2) is 0 Å². The monoisotopic (exact) mass is 338 g/mol. The Bertz CT molecular complexity index is 674. The number of carboxylic acids is 1. The number of hydrogen-bond donors (Lipinski definition) is 3. The van der Waals surface area contributed by atoms with Gasteiger partial charge in [-0.1, -0.05) is 0 Å². The molecule has 1 fully saturated rings. The van der Waals surface area contributed by atoms with Gasteiger partial charge in [-0.2, -0.15) is 0 Å². The molecular formula is C15H18N2O7. The van der Waals surface area contributed by atoms with E-state index in [4.69, 9.17) is 5.11 Å². The van der Waals surface area contributed by atoms with Crippen molar-refractivity contribution < 1.29 is 29.8 Å². The van der Waals surface area contributed by atoms with Crippen molar-refractivity contribution in [2.45, 2.75) is 19.3 Å². The number of benzene rings is 1. The molecule has 1 heterocycles. The molecule has 2 rings (SSSR count). The van der Waals surface area contributed by atoms with Crippen LogP contribution in [0.3, 0.4) is 0 Å². The first-order valence-corrected chi connectivity index (χ1v) is 7.49. The van der Waals surface area contributed by atoms with E-state index in [1.807, 2.05) is 4.90 Å². The van der Waals surface area contributed by atoms with Crippen molar-refractivity contribution in [2.24, 2.45) is 5.92 Å². The van der Waals surface area contributed by atoms with E-state index in [0.29, 0.717) is 25.9 Å². The average Bonchev–Trinajstić information content (AvgIpc) is 2.54. The van der Waals surface area contributed by atoms with E-state index in [1.165, 1.54) is 0 Å². The van der Waals surface area contributed by atoms with Crippen LogP contribution < -0.4 is 0 Å². The van der Waals surface area contributed by atoms with Crippen molar-refractivity contribution in [1.29, 1.82) is 0 Å². The first-order valence-electron chi connectivity index (χ1n) is 7.49. The van der Waals surface area contributed by atoms with Gasteiger partial charge in [0.2, 0.25) is 5.75 Å².